The molecule has 0 rings (SSSR count). The van der Waals surface area contributed by atoms with E-state index in [0.717, 1.165) is 26.1 Å². The number of ether oxygens (including phenoxy) is 1. The summed E-state index contributed by atoms with van der Waals surface area (Å²) in [6.45, 7) is 5.31. The van der Waals surface area contributed by atoms with Crippen LogP contribution in [-0.2, 0) is 4.74 Å². The van der Waals surface area contributed by atoms with Gasteiger partial charge in [-0.3, -0.25) is 0 Å². The highest BCUT2D eigenvalue weighted by Crippen LogP contribution is 2.04. The van der Waals surface area contributed by atoms with Gasteiger partial charge < -0.3 is 15.0 Å². The van der Waals surface area contributed by atoms with Gasteiger partial charge in [0.05, 0.1) is 0 Å². The second-order valence-corrected chi connectivity index (χ2v) is 3.83. The number of nitrogens with one attached hydrogen (secondary N) is 1. The summed E-state index contributed by atoms with van der Waals surface area (Å²) in [4.78, 5) is 2.43. The normalized spacial score (nSPS) is 13.5. The first-order chi connectivity index (χ1) is 6.76. The van der Waals surface area contributed by atoms with Crippen molar-refractivity contribution >= 4 is 0 Å². The Hall–Kier alpha value is -0.120. The van der Waals surface area contributed by atoms with Crippen molar-refractivity contribution in [3.8, 4) is 0 Å². The van der Waals surface area contributed by atoms with E-state index < -0.39 is 0 Å². The van der Waals surface area contributed by atoms with Crippen LogP contribution in [0.4, 0.5) is 0 Å². The average molecular weight is 202 g/mol. The highest BCUT2D eigenvalue weighted by molar-refractivity contribution is 4.70. The fourth-order valence-electron chi connectivity index (χ4n) is 1.69. The van der Waals surface area contributed by atoms with Crippen molar-refractivity contribution in [3.63, 3.8) is 0 Å². The predicted octanol–water partition coefficient (Wildman–Crippen LogP) is 1.34. The molecule has 0 bridgehead atoms. The molecular formula is C11H26N2O. The first-order valence-electron chi connectivity index (χ1n) is 5.60. The summed E-state index contributed by atoms with van der Waals surface area (Å²) in [5, 5.41) is 3.25. The van der Waals surface area contributed by atoms with Crippen LogP contribution in [0.2, 0.25) is 0 Å². The van der Waals surface area contributed by atoms with E-state index in [1.54, 1.807) is 7.11 Å². The molecule has 0 saturated carbocycles. The molecule has 1 unspecified atom stereocenters. The lowest BCUT2D eigenvalue weighted by atomic mass is 10.1. The molecule has 0 aromatic rings. The van der Waals surface area contributed by atoms with Crippen LogP contribution in [0.1, 0.15) is 26.2 Å². The van der Waals surface area contributed by atoms with Gasteiger partial charge in [-0.2, -0.15) is 0 Å². The molecular weight excluding hydrogens is 176 g/mol. The van der Waals surface area contributed by atoms with Crippen LogP contribution in [-0.4, -0.2) is 51.8 Å². The van der Waals surface area contributed by atoms with Crippen LogP contribution in [0.15, 0.2) is 0 Å². The molecule has 3 nitrogen and oxygen atoms in total. The zero-order valence-electron chi connectivity index (χ0n) is 10.2. The third-order valence-corrected chi connectivity index (χ3v) is 2.54. The van der Waals surface area contributed by atoms with Crippen molar-refractivity contribution in [2.45, 2.75) is 32.2 Å². The van der Waals surface area contributed by atoms with Gasteiger partial charge in [0, 0.05) is 32.8 Å². The summed E-state index contributed by atoms with van der Waals surface area (Å²) < 4.78 is 5.05. The average Bonchev–Trinajstić information content (AvgIpc) is 2.18. The molecule has 0 aliphatic carbocycles. The Balaban J connectivity index is 3.69. The fraction of sp³-hybridized carbons (Fsp3) is 1.00. The molecule has 1 atom stereocenters. The molecule has 3 heteroatoms. The molecule has 0 saturated heterocycles. The Morgan fingerprint density at radius 2 is 2.14 bits per heavy atom. The Labute approximate surface area is 88.8 Å². The van der Waals surface area contributed by atoms with E-state index >= 15 is 0 Å². The van der Waals surface area contributed by atoms with Gasteiger partial charge in [-0.15, -0.1) is 0 Å². The molecule has 86 valence electrons. The minimum absolute atomic E-state index is 0.668. The molecule has 0 aromatic heterocycles. The maximum absolute atomic E-state index is 5.05. The summed E-state index contributed by atoms with van der Waals surface area (Å²) >= 11 is 0. The molecule has 0 aromatic carbocycles. The zero-order valence-corrected chi connectivity index (χ0v) is 10.2. The summed E-state index contributed by atoms with van der Waals surface area (Å²) in [5.41, 5.74) is 0. The van der Waals surface area contributed by atoms with E-state index in [1.807, 2.05) is 7.05 Å². The Morgan fingerprint density at radius 1 is 1.43 bits per heavy atom. The van der Waals surface area contributed by atoms with Gasteiger partial charge in [0.1, 0.15) is 0 Å². The van der Waals surface area contributed by atoms with Gasteiger partial charge in [-0.25, -0.2) is 0 Å². The van der Waals surface area contributed by atoms with Gasteiger partial charge in [0.2, 0.25) is 0 Å². The van der Waals surface area contributed by atoms with E-state index in [-0.39, 0.29) is 0 Å². The summed E-state index contributed by atoms with van der Waals surface area (Å²) in [7, 11) is 5.98. The van der Waals surface area contributed by atoms with Crippen molar-refractivity contribution in [2.24, 2.45) is 0 Å². The smallest absolute Gasteiger partial charge is 0.0474 e. The van der Waals surface area contributed by atoms with E-state index in [4.69, 9.17) is 4.74 Å². The van der Waals surface area contributed by atoms with Crippen molar-refractivity contribution in [1.82, 2.24) is 10.2 Å². The van der Waals surface area contributed by atoms with Gasteiger partial charge in [-0.05, 0) is 26.9 Å². The molecule has 0 fully saturated rings. The number of rotatable bonds is 9. The number of likely N-dealkylation sites (N-methyl/N-ethyl adjacent to an activating group) is 2. The first kappa shape index (κ1) is 13.9. The highest BCUT2D eigenvalue weighted by atomic mass is 16.5. The van der Waals surface area contributed by atoms with Crippen LogP contribution < -0.4 is 5.32 Å². The van der Waals surface area contributed by atoms with Crippen LogP contribution in [0.3, 0.4) is 0 Å². The highest BCUT2D eigenvalue weighted by Gasteiger charge is 2.11. The summed E-state index contributed by atoms with van der Waals surface area (Å²) in [6.07, 6.45) is 3.64. The van der Waals surface area contributed by atoms with Gasteiger partial charge in [0.25, 0.3) is 0 Å². The minimum atomic E-state index is 0.668. The predicted molar refractivity (Wildman–Crippen MR) is 61.7 cm³/mol. The van der Waals surface area contributed by atoms with E-state index in [1.165, 1.54) is 12.8 Å². The Kier molecular flexibility index (Phi) is 9.35. The van der Waals surface area contributed by atoms with Crippen molar-refractivity contribution in [1.29, 1.82) is 0 Å². The maximum atomic E-state index is 5.05. The second-order valence-electron chi connectivity index (χ2n) is 3.83. The first-order valence-corrected chi connectivity index (χ1v) is 5.60. The fourth-order valence-corrected chi connectivity index (χ4v) is 1.69. The molecule has 0 amide bonds. The summed E-state index contributed by atoms with van der Waals surface area (Å²) in [6, 6.07) is 0.668. The number of methoxy groups -OCH3 is 1. The van der Waals surface area contributed by atoms with Gasteiger partial charge in [-0.1, -0.05) is 13.3 Å². The lowest BCUT2D eigenvalue weighted by Gasteiger charge is -2.27. The van der Waals surface area contributed by atoms with E-state index in [9.17, 15) is 0 Å². The zero-order chi connectivity index (χ0) is 10.8. The van der Waals surface area contributed by atoms with E-state index in [2.05, 4.69) is 24.2 Å². The molecule has 14 heavy (non-hydrogen) atoms. The monoisotopic (exact) mass is 202 g/mol. The van der Waals surface area contributed by atoms with Crippen molar-refractivity contribution in [2.75, 3.05) is 40.9 Å². The van der Waals surface area contributed by atoms with Crippen LogP contribution >= 0.6 is 0 Å². The molecule has 0 spiro atoms. The lowest BCUT2D eigenvalue weighted by Crippen LogP contribution is -2.39. The standard InChI is InChI=1S/C11H26N2O/c1-5-7-11(10-12-2)13(3)8-6-9-14-4/h11-12H,5-10H2,1-4H3. The Morgan fingerprint density at radius 3 is 2.64 bits per heavy atom. The number of hydrogen-bond donors (Lipinski definition) is 1. The van der Waals surface area contributed by atoms with Crippen LogP contribution in [0.25, 0.3) is 0 Å². The SMILES string of the molecule is CCCC(CNC)N(C)CCCOC. The molecule has 0 heterocycles. The van der Waals surface area contributed by atoms with Crippen molar-refractivity contribution in [3.05, 3.63) is 0 Å². The quantitative estimate of drug-likeness (QED) is 0.571. The van der Waals surface area contributed by atoms with Crippen molar-refractivity contribution < 1.29 is 4.74 Å². The molecule has 0 aliphatic heterocycles. The molecule has 1 N–H and O–H groups in total. The van der Waals surface area contributed by atoms with Crippen LogP contribution in [0.5, 0.6) is 0 Å². The minimum Gasteiger partial charge on any atom is -0.385 e. The lowest BCUT2D eigenvalue weighted by molar-refractivity contribution is 0.161. The summed E-state index contributed by atoms with van der Waals surface area (Å²) in [5.74, 6) is 0. The third-order valence-electron chi connectivity index (χ3n) is 2.54. The topological polar surface area (TPSA) is 24.5 Å². The van der Waals surface area contributed by atoms with Gasteiger partial charge in [0.15, 0.2) is 0 Å². The molecule has 0 radical (unpaired) electrons. The number of hydrogen-bond acceptors (Lipinski definition) is 3. The Bertz CT molecular complexity index is 114. The third kappa shape index (κ3) is 6.35. The number of nitrogens with zero attached hydrogens (tertiary/aromatic N) is 1. The second kappa shape index (κ2) is 9.44. The molecule has 0 aliphatic rings. The largest absolute Gasteiger partial charge is 0.385 e. The van der Waals surface area contributed by atoms with E-state index in [0.29, 0.717) is 6.04 Å². The van der Waals surface area contributed by atoms with Gasteiger partial charge >= 0.3 is 0 Å². The van der Waals surface area contributed by atoms with Crippen LogP contribution in [0, 0.1) is 0 Å². The maximum Gasteiger partial charge on any atom is 0.0474 e.